The molecule has 1 aromatic rings. The van der Waals surface area contributed by atoms with Gasteiger partial charge in [-0.15, -0.1) is 0 Å². The number of benzene rings is 1. The molecule has 0 saturated carbocycles. The first kappa shape index (κ1) is 14.9. The molecule has 1 aliphatic heterocycles. The van der Waals surface area contributed by atoms with Gasteiger partial charge >= 0.3 is 0 Å². The Kier molecular flexibility index (Phi) is 5.90. The van der Waals surface area contributed by atoms with Crippen LogP contribution in [0.15, 0.2) is 24.3 Å². The number of hydrogen-bond donors (Lipinski definition) is 1. The molecule has 20 heavy (non-hydrogen) atoms. The second-order valence-electron chi connectivity index (χ2n) is 5.56. The molecule has 0 aliphatic carbocycles. The first-order valence-electron chi connectivity index (χ1n) is 7.90. The maximum atomic E-state index is 11.6. The number of carbonyl (C=O) groups excluding carboxylic acids is 1. The molecule has 1 fully saturated rings. The summed E-state index contributed by atoms with van der Waals surface area (Å²) in [6.07, 6.45) is 6.22. The Morgan fingerprint density at radius 1 is 1.20 bits per heavy atom. The van der Waals surface area contributed by atoms with Crippen molar-refractivity contribution in [3.05, 3.63) is 29.8 Å². The Balaban J connectivity index is 1.74. The highest BCUT2D eigenvalue weighted by Gasteiger charge is 2.11. The lowest BCUT2D eigenvalue weighted by atomic mass is 10.1. The standard InChI is InChI=1S/C17H26N2O/c1-2-3-12-18-17(20)11-8-15-6-9-16(10-7-15)19-13-4-5-14-19/h6-7,9-10H,2-5,8,11-14H2,1H3,(H,18,20). The van der Waals surface area contributed by atoms with Crippen molar-refractivity contribution in [2.45, 2.75) is 45.4 Å². The van der Waals surface area contributed by atoms with Crippen molar-refractivity contribution >= 4 is 11.6 Å². The van der Waals surface area contributed by atoms with Crippen molar-refractivity contribution in [2.75, 3.05) is 24.5 Å². The number of amides is 1. The lowest BCUT2D eigenvalue weighted by Crippen LogP contribution is -2.24. The Hall–Kier alpha value is -1.51. The lowest BCUT2D eigenvalue weighted by molar-refractivity contribution is -0.121. The van der Waals surface area contributed by atoms with Crippen LogP contribution in [-0.2, 0) is 11.2 Å². The fourth-order valence-electron chi connectivity index (χ4n) is 2.60. The highest BCUT2D eigenvalue weighted by atomic mass is 16.1. The van der Waals surface area contributed by atoms with Gasteiger partial charge in [-0.05, 0) is 43.4 Å². The second-order valence-corrected chi connectivity index (χ2v) is 5.56. The monoisotopic (exact) mass is 274 g/mol. The van der Waals surface area contributed by atoms with Gasteiger partial charge in [-0.1, -0.05) is 25.5 Å². The molecule has 1 aliphatic rings. The minimum Gasteiger partial charge on any atom is -0.372 e. The number of nitrogens with one attached hydrogen (secondary N) is 1. The van der Waals surface area contributed by atoms with Crippen molar-refractivity contribution in [2.24, 2.45) is 0 Å². The van der Waals surface area contributed by atoms with Crippen molar-refractivity contribution in [1.29, 1.82) is 0 Å². The highest BCUT2D eigenvalue weighted by molar-refractivity contribution is 5.76. The predicted molar refractivity (Wildman–Crippen MR) is 84.1 cm³/mol. The van der Waals surface area contributed by atoms with Crippen LogP contribution in [0.2, 0.25) is 0 Å². The van der Waals surface area contributed by atoms with Gasteiger partial charge in [-0.2, -0.15) is 0 Å². The Bertz CT molecular complexity index is 408. The van der Waals surface area contributed by atoms with Crippen LogP contribution in [0, 0.1) is 0 Å². The van der Waals surface area contributed by atoms with E-state index in [0.717, 1.165) is 25.8 Å². The summed E-state index contributed by atoms with van der Waals surface area (Å²) in [5.41, 5.74) is 2.57. The molecule has 110 valence electrons. The molecule has 0 unspecified atom stereocenters. The van der Waals surface area contributed by atoms with Crippen LogP contribution in [0.1, 0.15) is 44.6 Å². The molecule has 0 atom stereocenters. The summed E-state index contributed by atoms with van der Waals surface area (Å²) in [6, 6.07) is 8.70. The Morgan fingerprint density at radius 3 is 2.55 bits per heavy atom. The van der Waals surface area contributed by atoms with Gasteiger partial charge in [0.05, 0.1) is 0 Å². The van der Waals surface area contributed by atoms with E-state index in [-0.39, 0.29) is 5.91 Å². The largest absolute Gasteiger partial charge is 0.372 e. The third-order valence-electron chi connectivity index (χ3n) is 3.90. The molecule has 1 heterocycles. The third-order valence-corrected chi connectivity index (χ3v) is 3.90. The first-order chi connectivity index (χ1) is 9.79. The van der Waals surface area contributed by atoms with Crippen LogP contribution >= 0.6 is 0 Å². The molecule has 1 aromatic carbocycles. The zero-order valence-corrected chi connectivity index (χ0v) is 12.5. The van der Waals surface area contributed by atoms with Crippen LogP contribution < -0.4 is 10.2 Å². The van der Waals surface area contributed by atoms with Gasteiger partial charge in [0.1, 0.15) is 0 Å². The van der Waals surface area contributed by atoms with E-state index in [1.165, 1.54) is 37.2 Å². The molecular formula is C17H26N2O. The normalized spacial score (nSPS) is 14.6. The summed E-state index contributed by atoms with van der Waals surface area (Å²) in [4.78, 5) is 14.1. The molecule has 0 radical (unpaired) electrons. The number of aryl methyl sites for hydroxylation is 1. The van der Waals surface area contributed by atoms with E-state index in [9.17, 15) is 4.79 Å². The zero-order valence-electron chi connectivity index (χ0n) is 12.5. The number of unbranched alkanes of at least 4 members (excludes halogenated alkanes) is 1. The average molecular weight is 274 g/mol. The quantitative estimate of drug-likeness (QED) is 0.775. The minimum absolute atomic E-state index is 0.169. The smallest absolute Gasteiger partial charge is 0.220 e. The van der Waals surface area contributed by atoms with Crippen molar-refractivity contribution in [3.63, 3.8) is 0 Å². The van der Waals surface area contributed by atoms with Gasteiger partial charge in [0.2, 0.25) is 5.91 Å². The summed E-state index contributed by atoms with van der Waals surface area (Å²) < 4.78 is 0. The molecule has 0 bridgehead atoms. The van der Waals surface area contributed by atoms with E-state index in [1.807, 2.05) is 0 Å². The van der Waals surface area contributed by atoms with Gasteiger partial charge in [-0.25, -0.2) is 0 Å². The van der Waals surface area contributed by atoms with Gasteiger partial charge < -0.3 is 10.2 Å². The van der Waals surface area contributed by atoms with E-state index >= 15 is 0 Å². The number of carbonyl (C=O) groups is 1. The van der Waals surface area contributed by atoms with Crippen LogP contribution in [0.25, 0.3) is 0 Å². The number of anilines is 1. The SMILES string of the molecule is CCCCNC(=O)CCc1ccc(N2CCCC2)cc1. The van der Waals surface area contributed by atoms with Gasteiger partial charge in [0, 0.05) is 31.7 Å². The van der Waals surface area contributed by atoms with E-state index in [2.05, 4.69) is 41.4 Å². The fourth-order valence-corrected chi connectivity index (χ4v) is 2.60. The number of nitrogens with zero attached hydrogens (tertiary/aromatic N) is 1. The van der Waals surface area contributed by atoms with Crippen LogP contribution in [0.5, 0.6) is 0 Å². The molecule has 1 amide bonds. The number of hydrogen-bond acceptors (Lipinski definition) is 2. The van der Waals surface area contributed by atoms with Crippen LogP contribution in [0.3, 0.4) is 0 Å². The summed E-state index contributed by atoms with van der Waals surface area (Å²) in [7, 11) is 0. The average Bonchev–Trinajstić information content (AvgIpc) is 3.00. The molecule has 3 nitrogen and oxygen atoms in total. The second kappa shape index (κ2) is 7.93. The summed E-state index contributed by atoms with van der Waals surface area (Å²) in [5, 5.41) is 2.96. The van der Waals surface area contributed by atoms with Crippen molar-refractivity contribution in [1.82, 2.24) is 5.32 Å². The van der Waals surface area contributed by atoms with E-state index in [1.54, 1.807) is 0 Å². The summed E-state index contributed by atoms with van der Waals surface area (Å²) in [6.45, 7) is 5.30. The molecule has 1 saturated heterocycles. The van der Waals surface area contributed by atoms with Crippen molar-refractivity contribution in [3.8, 4) is 0 Å². The van der Waals surface area contributed by atoms with Gasteiger partial charge in [0.15, 0.2) is 0 Å². The minimum atomic E-state index is 0.169. The van der Waals surface area contributed by atoms with Crippen LogP contribution in [-0.4, -0.2) is 25.5 Å². The molecule has 2 rings (SSSR count). The fraction of sp³-hybridized carbons (Fsp3) is 0.588. The maximum Gasteiger partial charge on any atom is 0.220 e. The first-order valence-corrected chi connectivity index (χ1v) is 7.90. The molecule has 0 aromatic heterocycles. The third kappa shape index (κ3) is 4.55. The van der Waals surface area contributed by atoms with Gasteiger partial charge in [0.25, 0.3) is 0 Å². The maximum absolute atomic E-state index is 11.6. The van der Waals surface area contributed by atoms with Crippen molar-refractivity contribution < 1.29 is 4.79 Å². The van der Waals surface area contributed by atoms with E-state index in [0.29, 0.717) is 6.42 Å². The molecule has 1 N–H and O–H groups in total. The zero-order chi connectivity index (χ0) is 14.2. The topological polar surface area (TPSA) is 32.3 Å². The number of rotatable bonds is 7. The molecule has 0 spiro atoms. The van der Waals surface area contributed by atoms with E-state index in [4.69, 9.17) is 0 Å². The Morgan fingerprint density at radius 2 is 1.90 bits per heavy atom. The molecular weight excluding hydrogens is 248 g/mol. The van der Waals surface area contributed by atoms with Gasteiger partial charge in [-0.3, -0.25) is 4.79 Å². The summed E-state index contributed by atoms with van der Waals surface area (Å²) >= 11 is 0. The van der Waals surface area contributed by atoms with E-state index < -0.39 is 0 Å². The van der Waals surface area contributed by atoms with Crippen LogP contribution in [0.4, 0.5) is 5.69 Å². The highest BCUT2D eigenvalue weighted by Crippen LogP contribution is 2.20. The predicted octanol–water partition coefficient (Wildman–Crippen LogP) is 3.14. The Labute approximate surface area is 122 Å². The lowest BCUT2D eigenvalue weighted by Gasteiger charge is -2.17. The summed E-state index contributed by atoms with van der Waals surface area (Å²) in [5.74, 6) is 0.169. The molecule has 3 heteroatoms.